The van der Waals surface area contributed by atoms with Gasteiger partial charge in [-0.05, 0) is 28.7 Å². The van der Waals surface area contributed by atoms with Gasteiger partial charge >= 0.3 is 0 Å². The first-order chi connectivity index (χ1) is 11.3. The van der Waals surface area contributed by atoms with Crippen LogP contribution in [0.25, 0.3) is 5.03 Å². The molecule has 0 amide bonds. The van der Waals surface area contributed by atoms with Crippen molar-refractivity contribution in [3.05, 3.63) is 113 Å². The van der Waals surface area contributed by atoms with Crippen molar-refractivity contribution in [1.82, 2.24) is 0 Å². The van der Waals surface area contributed by atoms with Crippen LogP contribution < -0.4 is 0 Å². The number of hydrogen-bond acceptors (Lipinski definition) is 0. The summed E-state index contributed by atoms with van der Waals surface area (Å²) in [5.74, 6) is 0. The molecule has 0 radical (unpaired) electrons. The van der Waals surface area contributed by atoms with Crippen LogP contribution in [0, 0.1) is 0 Å². The van der Waals surface area contributed by atoms with Crippen LogP contribution in [0.3, 0.4) is 0 Å². The summed E-state index contributed by atoms with van der Waals surface area (Å²) >= 11 is 6.77. The molecular weight excluding hydrogens is 300 g/mol. The minimum atomic E-state index is -0.0740. The fourth-order valence-corrected chi connectivity index (χ4v) is 3.76. The smallest absolute Gasteiger partial charge is 0.0483 e. The van der Waals surface area contributed by atoms with Crippen molar-refractivity contribution in [2.45, 2.75) is 11.8 Å². The van der Waals surface area contributed by atoms with E-state index < -0.39 is 0 Å². The Kier molecular flexibility index (Phi) is 3.55. The average Bonchev–Trinajstić information content (AvgIpc) is 3.40. The van der Waals surface area contributed by atoms with Crippen LogP contribution in [0.2, 0.25) is 0 Å². The maximum Gasteiger partial charge on any atom is 0.0483 e. The Bertz CT molecular complexity index is 793. The van der Waals surface area contributed by atoms with Crippen molar-refractivity contribution in [1.29, 1.82) is 0 Å². The van der Waals surface area contributed by atoms with E-state index in [-0.39, 0.29) is 5.41 Å². The molecule has 0 nitrogen and oxygen atoms in total. The zero-order chi connectivity index (χ0) is 15.7. The molecule has 0 N–H and O–H groups in total. The fraction of sp³-hybridized carbons (Fsp3) is 0.0909. The molecule has 0 bridgehead atoms. The van der Waals surface area contributed by atoms with Gasteiger partial charge in [0.1, 0.15) is 0 Å². The third-order valence-electron chi connectivity index (χ3n) is 4.66. The zero-order valence-electron chi connectivity index (χ0n) is 12.7. The van der Waals surface area contributed by atoms with Crippen LogP contribution in [0.5, 0.6) is 0 Å². The highest BCUT2D eigenvalue weighted by Crippen LogP contribution is 2.61. The number of hydrogen-bond donors (Lipinski definition) is 0. The van der Waals surface area contributed by atoms with E-state index in [1.165, 1.54) is 16.7 Å². The maximum absolute atomic E-state index is 6.77. The normalized spacial score (nSPS) is 17.6. The van der Waals surface area contributed by atoms with Crippen LogP contribution in [-0.2, 0) is 5.41 Å². The lowest BCUT2D eigenvalue weighted by molar-refractivity contribution is 0.881. The van der Waals surface area contributed by atoms with Crippen LogP contribution in [0.4, 0.5) is 0 Å². The molecule has 0 unspecified atom stereocenters. The van der Waals surface area contributed by atoms with Gasteiger partial charge in [0, 0.05) is 10.4 Å². The number of rotatable bonds is 3. The predicted octanol–water partition coefficient (Wildman–Crippen LogP) is 6.03. The Morgan fingerprint density at radius 2 is 1.09 bits per heavy atom. The molecule has 1 aliphatic carbocycles. The summed E-state index contributed by atoms with van der Waals surface area (Å²) in [6, 6.07) is 31.6. The molecule has 112 valence electrons. The Hall–Kier alpha value is -2.31. The lowest BCUT2D eigenvalue weighted by atomic mass is 9.87. The van der Waals surface area contributed by atoms with Gasteiger partial charge in [-0.25, -0.2) is 0 Å². The number of halogens is 1. The van der Waals surface area contributed by atoms with Crippen LogP contribution in [0.1, 0.15) is 23.1 Å². The first-order valence-electron chi connectivity index (χ1n) is 7.88. The second kappa shape index (κ2) is 5.72. The number of benzene rings is 3. The Labute approximate surface area is 142 Å². The van der Waals surface area contributed by atoms with Crippen molar-refractivity contribution >= 4 is 16.6 Å². The van der Waals surface area contributed by atoms with Gasteiger partial charge in [0.2, 0.25) is 0 Å². The molecule has 0 aliphatic heterocycles. The summed E-state index contributed by atoms with van der Waals surface area (Å²) < 4.78 is 0. The lowest BCUT2D eigenvalue weighted by Gasteiger charge is -2.17. The summed E-state index contributed by atoms with van der Waals surface area (Å²) in [6.07, 6.45) is 0.981. The van der Waals surface area contributed by atoms with E-state index in [1.807, 2.05) is 18.2 Å². The zero-order valence-corrected chi connectivity index (χ0v) is 13.5. The molecule has 1 fully saturated rings. The Balaban J connectivity index is 1.88. The van der Waals surface area contributed by atoms with Gasteiger partial charge < -0.3 is 0 Å². The van der Waals surface area contributed by atoms with Crippen LogP contribution >= 0.6 is 11.6 Å². The topological polar surface area (TPSA) is 0 Å². The summed E-state index contributed by atoms with van der Waals surface area (Å²) in [4.78, 5) is 0. The van der Waals surface area contributed by atoms with E-state index >= 15 is 0 Å². The second-order valence-corrected chi connectivity index (χ2v) is 6.35. The van der Waals surface area contributed by atoms with Crippen molar-refractivity contribution in [3.8, 4) is 0 Å². The van der Waals surface area contributed by atoms with E-state index in [0.717, 1.165) is 17.0 Å². The molecule has 0 spiro atoms. The van der Waals surface area contributed by atoms with Gasteiger partial charge in [-0.15, -0.1) is 0 Å². The Morgan fingerprint density at radius 1 is 0.652 bits per heavy atom. The molecule has 0 heterocycles. The van der Waals surface area contributed by atoms with Gasteiger partial charge in [-0.2, -0.15) is 0 Å². The van der Waals surface area contributed by atoms with Crippen LogP contribution in [0.15, 0.2) is 96.6 Å². The quantitative estimate of drug-likeness (QED) is 0.553. The molecule has 0 atom stereocenters. The van der Waals surface area contributed by atoms with Gasteiger partial charge in [0.05, 0.1) is 0 Å². The summed E-state index contributed by atoms with van der Waals surface area (Å²) in [5, 5.41) is 0.887. The fourth-order valence-electron chi connectivity index (χ4n) is 3.41. The highest BCUT2D eigenvalue weighted by molar-refractivity contribution is 6.49. The predicted molar refractivity (Wildman–Crippen MR) is 97.5 cm³/mol. The Morgan fingerprint density at radius 3 is 1.57 bits per heavy atom. The van der Waals surface area contributed by atoms with Gasteiger partial charge in [0.25, 0.3) is 0 Å². The minimum Gasteiger partial charge on any atom is -0.0837 e. The van der Waals surface area contributed by atoms with Crippen molar-refractivity contribution < 1.29 is 0 Å². The van der Waals surface area contributed by atoms with E-state index in [0.29, 0.717) is 0 Å². The molecule has 0 aromatic heterocycles. The van der Waals surface area contributed by atoms with E-state index in [2.05, 4.69) is 72.8 Å². The molecule has 4 rings (SSSR count). The van der Waals surface area contributed by atoms with Gasteiger partial charge in [-0.1, -0.05) is 103 Å². The standard InChI is InChI=1S/C22H17Cl/c23-21(17-10-4-1-5-11-17)20-16-22(20,18-12-6-2-7-13-18)19-14-8-3-9-15-19/h1-15H,16H2. The lowest BCUT2D eigenvalue weighted by Crippen LogP contribution is -2.09. The third-order valence-corrected chi connectivity index (χ3v) is 5.10. The van der Waals surface area contributed by atoms with Crippen molar-refractivity contribution in [2.24, 2.45) is 0 Å². The summed E-state index contributed by atoms with van der Waals surface area (Å²) in [6.45, 7) is 0. The maximum atomic E-state index is 6.77. The third kappa shape index (κ3) is 2.40. The largest absolute Gasteiger partial charge is 0.0837 e. The van der Waals surface area contributed by atoms with Crippen molar-refractivity contribution in [2.75, 3.05) is 0 Å². The first-order valence-corrected chi connectivity index (χ1v) is 8.26. The van der Waals surface area contributed by atoms with E-state index in [9.17, 15) is 0 Å². The second-order valence-electron chi connectivity index (χ2n) is 5.97. The molecule has 3 aromatic carbocycles. The van der Waals surface area contributed by atoms with Gasteiger partial charge in [-0.3, -0.25) is 0 Å². The molecule has 23 heavy (non-hydrogen) atoms. The molecule has 1 heteroatoms. The minimum absolute atomic E-state index is 0.0740. The monoisotopic (exact) mass is 316 g/mol. The van der Waals surface area contributed by atoms with Crippen LogP contribution in [-0.4, -0.2) is 0 Å². The summed E-state index contributed by atoms with van der Waals surface area (Å²) in [7, 11) is 0. The number of allylic oxidation sites excluding steroid dienone is 1. The molecule has 0 saturated heterocycles. The first kappa shape index (κ1) is 14.3. The van der Waals surface area contributed by atoms with E-state index in [4.69, 9.17) is 11.6 Å². The highest BCUT2D eigenvalue weighted by atomic mass is 35.5. The molecular formula is C22H17Cl. The average molecular weight is 317 g/mol. The van der Waals surface area contributed by atoms with Crippen molar-refractivity contribution in [3.63, 3.8) is 0 Å². The highest BCUT2D eigenvalue weighted by Gasteiger charge is 2.53. The SMILES string of the molecule is ClC(=C1CC1(c1ccccc1)c1ccccc1)c1ccccc1. The summed E-state index contributed by atoms with van der Waals surface area (Å²) in [5.41, 5.74) is 4.96. The molecule has 1 aliphatic rings. The van der Waals surface area contributed by atoms with E-state index in [1.54, 1.807) is 0 Å². The van der Waals surface area contributed by atoms with Gasteiger partial charge in [0.15, 0.2) is 0 Å². The molecule has 3 aromatic rings. The molecule has 1 saturated carbocycles.